The molecule has 0 bridgehead atoms. The fraction of sp³-hybridized carbons (Fsp3) is 0.900. The predicted octanol–water partition coefficient (Wildman–Crippen LogP) is 0.0539. The molecule has 1 amide bonds. The predicted molar refractivity (Wildman–Crippen MR) is 59.3 cm³/mol. The Balaban J connectivity index is 3.03. The fourth-order valence-corrected chi connectivity index (χ4v) is 1.14. The second-order valence-corrected chi connectivity index (χ2v) is 3.68. The van der Waals surface area contributed by atoms with Crippen molar-refractivity contribution in [2.45, 2.75) is 19.3 Å². The minimum atomic E-state index is 0.125. The van der Waals surface area contributed by atoms with E-state index in [-0.39, 0.29) is 5.91 Å². The van der Waals surface area contributed by atoms with E-state index in [4.69, 9.17) is 0 Å². The standard InChI is InChI=1S/C10H23N3O/c1-11-10(14)6-4-7-12-8-5-9-13(2)3/h12H,4-9H2,1-3H3,(H,11,14). The summed E-state index contributed by atoms with van der Waals surface area (Å²) in [4.78, 5) is 13.0. The van der Waals surface area contributed by atoms with Gasteiger partial charge >= 0.3 is 0 Å². The van der Waals surface area contributed by atoms with Gasteiger partial charge in [0, 0.05) is 13.5 Å². The van der Waals surface area contributed by atoms with Crippen LogP contribution in [0.1, 0.15) is 19.3 Å². The molecule has 0 atom stereocenters. The van der Waals surface area contributed by atoms with Crippen LogP contribution < -0.4 is 10.6 Å². The van der Waals surface area contributed by atoms with Crippen LogP contribution in [0, 0.1) is 0 Å². The molecule has 0 aromatic carbocycles. The molecule has 0 aromatic heterocycles. The van der Waals surface area contributed by atoms with Crippen molar-refractivity contribution in [2.24, 2.45) is 0 Å². The van der Waals surface area contributed by atoms with Crippen molar-refractivity contribution >= 4 is 5.91 Å². The summed E-state index contributed by atoms with van der Waals surface area (Å²) in [7, 11) is 5.82. The van der Waals surface area contributed by atoms with E-state index >= 15 is 0 Å². The van der Waals surface area contributed by atoms with E-state index in [1.165, 1.54) is 0 Å². The third kappa shape index (κ3) is 9.48. The Hall–Kier alpha value is -0.610. The molecule has 0 unspecified atom stereocenters. The number of amides is 1. The summed E-state index contributed by atoms with van der Waals surface area (Å²) >= 11 is 0. The highest BCUT2D eigenvalue weighted by atomic mass is 16.1. The molecule has 0 heterocycles. The Kier molecular flexibility index (Phi) is 8.57. The van der Waals surface area contributed by atoms with Crippen LogP contribution in [0.3, 0.4) is 0 Å². The largest absolute Gasteiger partial charge is 0.359 e. The lowest BCUT2D eigenvalue weighted by Crippen LogP contribution is -2.24. The van der Waals surface area contributed by atoms with Gasteiger partial charge in [-0.2, -0.15) is 0 Å². The maximum Gasteiger partial charge on any atom is 0.219 e. The van der Waals surface area contributed by atoms with Crippen molar-refractivity contribution in [3.8, 4) is 0 Å². The maximum atomic E-state index is 10.8. The number of rotatable bonds is 8. The van der Waals surface area contributed by atoms with Crippen LogP contribution in [0.4, 0.5) is 0 Å². The van der Waals surface area contributed by atoms with Gasteiger partial charge in [0.05, 0.1) is 0 Å². The molecule has 0 aromatic rings. The molecule has 0 saturated heterocycles. The molecule has 4 heteroatoms. The van der Waals surface area contributed by atoms with Gasteiger partial charge in [-0.15, -0.1) is 0 Å². The smallest absolute Gasteiger partial charge is 0.219 e. The molecule has 0 spiro atoms. The van der Waals surface area contributed by atoms with Crippen molar-refractivity contribution in [1.82, 2.24) is 15.5 Å². The van der Waals surface area contributed by atoms with Gasteiger partial charge in [0.1, 0.15) is 0 Å². The first kappa shape index (κ1) is 13.4. The fourth-order valence-electron chi connectivity index (χ4n) is 1.14. The van der Waals surface area contributed by atoms with Crippen LogP contribution in [0.25, 0.3) is 0 Å². The van der Waals surface area contributed by atoms with Crippen LogP contribution in [0.2, 0.25) is 0 Å². The SMILES string of the molecule is CNC(=O)CCCNCCCN(C)C. The lowest BCUT2D eigenvalue weighted by Gasteiger charge is -2.09. The number of hydrogen-bond acceptors (Lipinski definition) is 3. The van der Waals surface area contributed by atoms with Crippen LogP contribution >= 0.6 is 0 Å². The van der Waals surface area contributed by atoms with Crippen LogP contribution in [-0.2, 0) is 4.79 Å². The minimum Gasteiger partial charge on any atom is -0.359 e. The molecule has 0 saturated carbocycles. The maximum absolute atomic E-state index is 10.8. The average molecular weight is 201 g/mol. The molecule has 0 aliphatic carbocycles. The highest BCUT2D eigenvalue weighted by Gasteiger charge is 1.96. The van der Waals surface area contributed by atoms with Gasteiger partial charge in [0.25, 0.3) is 0 Å². The zero-order chi connectivity index (χ0) is 10.8. The molecule has 0 rings (SSSR count). The van der Waals surface area contributed by atoms with E-state index < -0.39 is 0 Å². The summed E-state index contributed by atoms with van der Waals surface area (Å²) in [5, 5.41) is 5.92. The summed E-state index contributed by atoms with van der Waals surface area (Å²) < 4.78 is 0. The van der Waals surface area contributed by atoms with E-state index in [0.717, 1.165) is 32.5 Å². The Morgan fingerprint density at radius 2 is 1.86 bits per heavy atom. The number of nitrogens with one attached hydrogen (secondary N) is 2. The zero-order valence-corrected chi connectivity index (χ0v) is 9.60. The molecule has 0 fully saturated rings. The summed E-state index contributed by atoms with van der Waals surface area (Å²) in [6.45, 7) is 3.08. The van der Waals surface area contributed by atoms with Crippen LogP contribution in [0.15, 0.2) is 0 Å². The first-order valence-corrected chi connectivity index (χ1v) is 5.23. The second-order valence-electron chi connectivity index (χ2n) is 3.68. The molecular formula is C10H23N3O. The average Bonchev–Trinajstić information content (AvgIpc) is 2.15. The van der Waals surface area contributed by atoms with Gasteiger partial charge in [-0.1, -0.05) is 0 Å². The van der Waals surface area contributed by atoms with Crippen molar-refractivity contribution in [3.05, 3.63) is 0 Å². The molecular weight excluding hydrogens is 178 g/mol. The third-order valence-electron chi connectivity index (χ3n) is 2.00. The Labute approximate surface area is 87.0 Å². The number of carbonyl (C=O) groups excluding carboxylic acids is 1. The molecule has 2 N–H and O–H groups in total. The highest BCUT2D eigenvalue weighted by molar-refractivity contribution is 5.75. The Morgan fingerprint density at radius 3 is 2.43 bits per heavy atom. The van der Waals surface area contributed by atoms with Crippen molar-refractivity contribution in [2.75, 3.05) is 40.8 Å². The van der Waals surface area contributed by atoms with E-state index in [0.29, 0.717) is 6.42 Å². The van der Waals surface area contributed by atoms with Gasteiger partial charge in [0.15, 0.2) is 0 Å². The number of nitrogens with zero attached hydrogens (tertiary/aromatic N) is 1. The summed E-state index contributed by atoms with van der Waals surface area (Å²) in [5.41, 5.74) is 0. The minimum absolute atomic E-state index is 0.125. The second kappa shape index (κ2) is 8.97. The quantitative estimate of drug-likeness (QED) is 0.546. The Bertz CT molecular complexity index is 148. The third-order valence-corrected chi connectivity index (χ3v) is 2.00. The first-order chi connectivity index (χ1) is 6.66. The van der Waals surface area contributed by atoms with Crippen LogP contribution in [-0.4, -0.2) is 51.6 Å². The van der Waals surface area contributed by atoms with Crippen molar-refractivity contribution < 1.29 is 4.79 Å². The summed E-state index contributed by atoms with van der Waals surface area (Å²) in [5.74, 6) is 0.125. The highest BCUT2D eigenvalue weighted by Crippen LogP contribution is 1.86. The number of hydrogen-bond donors (Lipinski definition) is 2. The van der Waals surface area contributed by atoms with Gasteiger partial charge in [-0.05, 0) is 46.6 Å². The Morgan fingerprint density at radius 1 is 1.21 bits per heavy atom. The molecule has 14 heavy (non-hydrogen) atoms. The molecule has 4 nitrogen and oxygen atoms in total. The van der Waals surface area contributed by atoms with Gasteiger partial charge < -0.3 is 15.5 Å². The summed E-state index contributed by atoms with van der Waals surface area (Å²) in [6, 6.07) is 0. The van der Waals surface area contributed by atoms with Crippen molar-refractivity contribution in [1.29, 1.82) is 0 Å². The first-order valence-electron chi connectivity index (χ1n) is 5.23. The number of carbonyl (C=O) groups is 1. The lowest BCUT2D eigenvalue weighted by molar-refractivity contribution is -0.120. The normalized spacial score (nSPS) is 10.6. The monoisotopic (exact) mass is 201 g/mol. The molecule has 84 valence electrons. The lowest BCUT2D eigenvalue weighted by atomic mass is 10.3. The van der Waals surface area contributed by atoms with Gasteiger partial charge in [-0.25, -0.2) is 0 Å². The molecule has 0 aliphatic heterocycles. The topological polar surface area (TPSA) is 44.4 Å². The molecule has 0 radical (unpaired) electrons. The van der Waals surface area contributed by atoms with E-state index in [2.05, 4.69) is 29.6 Å². The van der Waals surface area contributed by atoms with E-state index in [1.807, 2.05) is 0 Å². The van der Waals surface area contributed by atoms with E-state index in [1.54, 1.807) is 7.05 Å². The van der Waals surface area contributed by atoms with Crippen LogP contribution in [0.5, 0.6) is 0 Å². The van der Waals surface area contributed by atoms with E-state index in [9.17, 15) is 4.79 Å². The van der Waals surface area contributed by atoms with Gasteiger partial charge in [0.2, 0.25) is 5.91 Å². The molecule has 0 aliphatic rings. The van der Waals surface area contributed by atoms with Crippen molar-refractivity contribution in [3.63, 3.8) is 0 Å². The van der Waals surface area contributed by atoms with Gasteiger partial charge in [-0.3, -0.25) is 4.79 Å². The zero-order valence-electron chi connectivity index (χ0n) is 9.60. The summed E-state index contributed by atoms with van der Waals surface area (Å²) in [6.07, 6.45) is 2.70.